The second kappa shape index (κ2) is 6.15. The van der Waals surface area contributed by atoms with Gasteiger partial charge in [-0.3, -0.25) is 0 Å². The molecule has 0 fully saturated rings. The van der Waals surface area contributed by atoms with Gasteiger partial charge in [0.15, 0.2) is 0 Å². The number of benzene rings is 1. The molecule has 0 aliphatic carbocycles. The van der Waals surface area contributed by atoms with Gasteiger partial charge < -0.3 is 0 Å². The molecule has 1 aromatic rings. The Hall–Kier alpha value is -0.521. The molecular weight excluding hydrogens is 300 g/mol. The second-order valence-corrected chi connectivity index (χ2v) is 5.73. The van der Waals surface area contributed by atoms with Crippen molar-refractivity contribution >= 4 is 42.8 Å². The fourth-order valence-electron chi connectivity index (χ4n) is 0.896. The van der Waals surface area contributed by atoms with E-state index in [1.807, 2.05) is 6.07 Å². The summed E-state index contributed by atoms with van der Waals surface area (Å²) in [7, 11) is 0. The fraction of sp³-hybridized carbons (Fsp3) is 0.200. The normalized spacial score (nSPS) is 9.67. The first kappa shape index (κ1) is 12.5. The first-order valence-corrected chi connectivity index (χ1v) is 6.96. The van der Waals surface area contributed by atoms with E-state index in [-0.39, 0.29) is 19.6 Å². The Morgan fingerprint density at radius 1 is 1.40 bits per heavy atom. The molecule has 0 saturated heterocycles. The number of hydrogen-bond acceptors (Lipinski definition) is 2. The van der Waals surface area contributed by atoms with Gasteiger partial charge in [-0.05, 0) is 0 Å². The number of rotatable bonds is 4. The molecule has 5 heteroatoms. The summed E-state index contributed by atoms with van der Waals surface area (Å²) in [4.78, 5) is 11.6. The van der Waals surface area contributed by atoms with Gasteiger partial charge in [0.1, 0.15) is 0 Å². The monoisotopic (exact) mass is 307 g/mol. The summed E-state index contributed by atoms with van der Waals surface area (Å²) in [5.41, 5.74) is 0.572. The van der Waals surface area contributed by atoms with Gasteiger partial charge in [0.2, 0.25) is 0 Å². The molecule has 0 spiro atoms. The van der Waals surface area contributed by atoms with Gasteiger partial charge in [-0.2, -0.15) is 0 Å². The molecule has 1 aromatic carbocycles. The zero-order chi connectivity index (χ0) is 11.3. The van der Waals surface area contributed by atoms with Crippen LogP contribution in [0.1, 0.15) is 16.8 Å². The number of halogens is 2. The maximum atomic E-state index is 11.6. The van der Waals surface area contributed by atoms with Crippen molar-refractivity contribution in [2.24, 2.45) is 0 Å². The van der Waals surface area contributed by atoms with Crippen molar-refractivity contribution in [2.75, 3.05) is 0 Å². The second-order valence-electron chi connectivity index (χ2n) is 2.67. The first-order valence-electron chi connectivity index (χ1n) is 4.14. The van der Waals surface area contributed by atoms with Gasteiger partial charge in [0.25, 0.3) is 0 Å². The summed E-state index contributed by atoms with van der Waals surface area (Å²) in [6.45, 7) is 0. The molecule has 0 bridgehead atoms. The Labute approximate surface area is 104 Å². The first-order chi connectivity index (χ1) is 7.15. The van der Waals surface area contributed by atoms with Gasteiger partial charge in [0.05, 0.1) is 0 Å². The average Bonchev–Trinajstić information content (AvgIpc) is 2.22. The molecular formula is C10H7Cl2NOSe. The third-order valence-corrected chi connectivity index (χ3v) is 4.24. The van der Waals surface area contributed by atoms with E-state index in [0.29, 0.717) is 27.3 Å². The molecule has 0 N–H and O–H groups in total. The minimum absolute atomic E-state index is 0.0521. The summed E-state index contributed by atoms with van der Waals surface area (Å²) < 4.78 is 0.0521. The summed E-state index contributed by atoms with van der Waals surface area (Å²) in [6, 6.07) is 6.85. The van der Waals surface area contributed by atoms with E-state index in [2.05, 4.69) is 0 Å². The molecule has 2 nitrogen and oxygen atoms in total. The Bertz CT molecular complexity index is 414. The van der Waals surface area contributed by atoms with Crippen LogP contribution in [0.3, 0.4) is 0 Å². The van der Waals surface area contributed by atoms with Crippen molar-refractivity contribution in [1.82, 2.24) is 0 Å². The molecule has 0 unspecified atom stereocenters. The van der Waals surface area contributed by atoms with Crippen LogP contribution in [0.4, 0.5) is 0 Å². The SMILES string of the molecule is N#CCC[Se]C(=O)c1ccc(Cl)c(Cl)c1. The van der Waals surface area contributed by atoms with Crippen LogP contribution in [0.5, 0.6) is 0 Å². The fourth-order valence-corrected chi connectivity index (χ4v) is 2.60. The topological polar surface area (TPSA) is 40.9 Å². The van der Waals surface area contributed by atoms with Crippen molar-refractivity contribution < 1.29 is 4.79 Å². The van der Waals surface area contributed by atoms with E-state index in [1.165, 1.54) is 0 Å². The number of carbonyl (C=O) groups excluding carboxylic acids is 1. The van der Waals surface area contributed by atoms with Crippen LogP contribution in [0.25, 0.3) is 0 Å². The predicted octanol–water partition coefficient (Wildman–Crippen LogP) is 3.17. The summed E-state index contributed by atoms with van der Waals surface area (Å²) in [6.07, 6.45) is 0.424. The van der Waals surface area contributed by atoms with Crippen molar-refractivity contribution in [2.45, 2.75) is 11.7 Å². The Balaban J connectivity index is 2.67. The summed E-state index contributed by atoms with van der Waals surface area (Å²) in [5, 5.41) is 9.81. The molecule has 0 radical (unpaired) electrons. The van der Waals surface area contributed by atoms with Crippen molar-refractivity contribution in [3.05, 3.63) is 33.8 Å². The van der Waals surface area contributed by atoms with Crippen molar-refractivity contribution in [3.63, 3.8) is 0 Å². The number of nitriles is 1. The molecule has 0 aromatic heterocycles. The molecule has 0 amide bonds. The molecule has 15 heavy (non-hydrogen) atoms. The third kappa shape index (κ3) is 3.85. The molecule has 1 rings (SSSR count). The van der Waals surface area contributed by atoms with Crippen LogP contribution in [0.2, 0.25) is 15.4 Å². The molecule has 0 atom stereocenters. The zero-order valence-corrected chi connectivity index (χ0v) is 10.9. The number of nitrogens with zero attached hydrogens (tertiary/aromatic N) is 1. The third-order valence-electron chi connectivity index (χ3n) is 1.60. The van der Waals surface area contributed by atoms with E-state index < -0.39 is 0 Å². The Kier molecular flexibility index (Phi) is 5.14. The molecule has 0 saturated carbocycles. The van der Waals surface area contributed by atoms with Crippen LogP contribution in [-0.4, -0.2) is 19.6 Å². The molecule has 0 aliphatic rings. The molecule has 78 valence electrons. The standard InChI is InChI=1S/C10H7Cl2NOSe/c11-8-3-2-7(6-9(8)12)10(14)15-5-1-4-13/h2-3,6H,1,5H2. The molecule has 0 heterocycles. The summed E-state index contributed by atoms with van der Waals surface area (Å²) >= 11 is 11.3. The van der Waals surface area contributed by atoms with Gasteiger partial charge >= 0.3 is 105 Å². The van der Waals surface area contributed by atoms with Gasteiger partial charge in [-0.25, -0.2) is 0 Å². The van der Waals surface area contributed by atoms with E-state index in [1.54, 1.807) is 18.2 Å². The van der Waals surface area contributed by atoms with E-state index >= 15 is 0 Å². The maximum absolute atomic E-state index is 11.6. The molecule has 0 aliphatic heterocycles. The van der Waals surface area contributed by atoms with Crippen molar-refractivity contribution in [3.8, 4) is 6.07 Å². The Morgan fingerprint density at radius 3 is 2.73 bits per heavy atom. The predicted molar refractivity (Wildman–Crippen MR) is 61.6 cm³/mol. The van der Waals surface area contributed by atoms with Gasteiger partial charge in [0, 0.05) is 0 Å². The van der Waals surface area contributed by atoms with E-state index in [0.717, 1.165) is 0 Å². The van der Waals surface area contributed by atoms with Crippen LogP contribution < -0.4 is 0 Å². The van der Waals surface area contributed by atoms with Gasteiger partial charge in [-0.15, -0.1) is 0 Å². The summed E-state index contributed by atoms with van der Waals surface area (Å²) in [5.74, 6) is 0. The van der Waals surface area contributed by atoms with E-state index in [9.17, 15) is 4.79 Å². The van der Waals surface area contributed by atoms with Gasteiger partial charge in [-0.1, -0.05) is 0 Å². The van der Waals surface area contributed by atoms with Crippen LogP contribution in [0, 0.1) is 11.3 Å². The Morgan fingerprint density at radius 2 is 2.13 bits per heavy atom. The van der Waals surface area contributed by atoms with Crippen LogP contribution in [0.15, 0.2) is 18.2 Å². The van der Waals surface area contributed by atoms with Crippen LogP contribution >= 0.6 is 23.2 Å². The quantitative estimate of drug-likeness (QED) is 0.633. The zero-order valence-electron chi connectivity index (χ0n) is 7.67. The average molecular weight is 307 g/mol. The van der Waals surface area contributed by atoms with Crippen LogP contribution in [-0.2, 0) is 0 Å². The number of hydrogen-bond donors (Lipinski definition) is 0. The van der Waals surface area contributed by atoms with E-state index in [4.69, 9.17) is 28.5 Å². The number of carbonyl (C=O) groups is 1. The minimum atomic E-state index is -0.188. The van der Waals surface area contributed by atoms with Crippen molar-refractivity contribution in [1.29, 1.82) is 5.26 Å².